The van der Waals surface area contributed by atoms with Crippen LogP contribution in [0, 0.1) is 0 Å². The van der Waals surface area contributed by atoms with Gasteiger partial charge in [0.15, 0.2) is 0 Å². The number of aliphatic hydroxyl groups is 1. The van der Waals surface area contributed by atoms with Gasteiger partial charge < -0.3 is 15.0 Å². The molecule has 0 spiro atoms. The van der Waals surface area contributed by atoms with Crippen molar-refractivity contribution < 1.29 is 5.11 Å². The third-order valence-corrected chi connectivity index (χ3v) is 2.59. The molecule has 1 heterocycles. The molecule has 0 radical (unpaired) electrons. The van der Waals surface area contributed by atoms with Crippen LogP contribution < -0.4 is 5.32 Å². The van der Waals surface area contributed by atoms with Gasteiger partial charge in [-0.3, -0.25) is 0 Å². The molecule has 0 aliphatic rings. The predicted octanol–water partition coefficient (Wildman–Crippen LogP) is 1.32. The molecular weight excluding hydrogens is 190 g/mol. The summed E-state index contributed by atoms with van der Waals surface area (Å²) < 4.78 is 2.14. The van der Waals surface area contributed by atoms with Crippen molar-refractivity contribution in [2.75, 3.05) is 6.61 Å². The summed E-state index contributed by atoms with van der Waals surface area (Å²) in [4.78, 5) is 4.13. The number of nitrogens with one attached hydrogen (secondary N) is 1. The largest absolute Gasteiger partial charge is 0.395 e. The molecule has 0 unspecified atom stereocenters. The highest BCUT2D eigenvalue weighted by molar-refractivity contribution is 4.99. The summed E-state index contributed by atoms with van der Waals surface area (Å²) in [5.41, 5.74) is 1.16. The maximum Gasteiger partial charge on any atom is 0.0951 e. The van der Waals surface area contributed by atoms with Gasteiger partial charge in [0, 0.05) is 24.8 Å². The van der Waals surface area contributed by atoms with Crippen molar-refractivity contribution in [3.8, 4) is 0 Å². The minimum Gasteiger partial charge on any atom is -0.395 e. The highest BCUT2D eigenvalue weighted by Gasteiger charge is 2.07. The lowest BCUT2D eigenvalue weighted by atomic mass is 10.2. The third kappa shape index (κ3) is 3.32. The average molecular weight is 211 g/mol. The van der Waals surface area contributed by atoms with E-state index in [1.165, 1.54) is 0 Å². The van der Waals surface area contributed by atoms with Crippen LogP contribution in [-0.4, -0.2) is 27.3 Å². The minimum atomic E-state index is 0.181. The van der Waals surface area contributed by atoms with E-state index in [0.29, 0.717) is 6.04 Å². The zero-order valence-electron chi connectivity index (χ0n) is 9.77. The molecule has 2 N–H and O–H groups in total. The van der Waals surface area contributed by atoms with Gasteiger partial charge in [0.05, 0.1) is 18.6 Å². The fraction of sp³-hybridized carbons (Fsp3) is 0.727. The van der Waals surface area contributed by atoms with Crippen molar-refractivity contribution in [3.63, 3.8) is 0 Å². The van der Waals surface area contributed by atoms with Gasteiger partial charge in [-0.2, -0.15) is 0 Å². The summed E-state index contributed by atoms with van der Waals surface area (Å²) in [6.45, 7) is 7.28. The second kappa shape index (κ2) is 5.88. The monoisotopic (exact) mass is 211 g/mol. The molecule has 0 amide bonds. The van der Waals surface area contributed by atoms with E-state index in [9.17, 15) is 0 Å². The van der Waals surface area contributed by atoms with Crippen LogP contribution in [0.25, 0.3) is 0 Å². The quantitative estimate of drug-likeness (QED) is 0.746. The molecular formula is C11H21N3O. The van der Waals surface area contributed by atoms with E-state index < -0.39 is 0 Å². The van der Waals surface area contributed by atoms with Gasteiger partial charge in [0.1, 0.15) is 0 Å². The Hall–Kier alpha value is -0.870. The van der Waals surface area contributed by atoms with Crippen molar-refractivity contribution in [2.45, 2.75) is 45.8 Å². The molecule has 0 fully saturated rings. The van der Waals surface area contributed by atoms with E-state index in [0.717, 1.165) is 18.7 Å². The van der Waals surface area contributed by atoms with Crippen LogP contribution in [0.4, 0.5) is 0 Å². The Morgan fingerprint density at radius 2 is 2.27 bits per heavy atom. The Morgan fingerprint density at radius 1 is 1.53 bits per heavy atom. The Morgan fingerprint density at radius 3 is 2.80 bits per heavy atom. The summed E-state index contributed by atoms with van der Waals surface area (Å²) in [6, 6.07) is 0.610. The van der Waals surface area contributed by atoms with Crippen LogP contribution in [0.3, 0.4) is 0 Å². The van der Waals surface area contributed by atoms with Crippen LogP contribution in [0.2, 0.25) is 0 Å². The van der Waals surface area contributed by atoms with Crippen LogP contribution in [0.5, 0.6) is 0 Å². The topological polar surface area (TPSA) is 50.1 Å². The molecule has 0 saturated heterocycles. The van der Waals surface area contributed by atoms with Gasteiger partial charge in [0.25, 0.3) is 0 Å². The van der Waals surface area contributed by atoms with Crippen molar-refractivity contribution >= 4 is 0 Å². The molecule has 1 aromatic heterocycles. The first-order valence-electron chi connectivity index (χ1n) is 5.54. The lowest BCUT2D eigenvalue weighted by Crippen LogP contribution is -2.32. The van der Waals surface area contributed by atoms with Crippen LogP contribution in [0.15, 0.2) is 12.5 Å². The smallest absolute Gasteiger partial charge is 0.0951 e. The lowest BCUT2D eigenvalue weighted by molar-refractivity contribution is 0.237. The van der Waals surface area contributed by atoms with E-state index in [1.54, 1.807) is 0 Å². The van der Waals surface area contributed by atoms with Crippen molar-refractivity contribution in [2.24, 2.45) is 0 Å². The highest BCUT2D eigenvalue weighted by Crippen LogP contribution is 2.08. The maximum absolute atomic E-state index is 9.05. The first kappa shape index (κ1) is 12.2. The Labute approximate surface area is 91.3 Å². The van der Waals surface area contributed by atoms with Crippen LogP contribution in [0.1, 0.15) is 38.9 Å². The second-order valence-electron chi connectivity index (χ2n) is 4.05. The van der Waals surface area contributed by atoms with Crippen molar-refractivity contribution in [3.05, 3.63) is 18.2 Å². The number of nitrogens with zero attached hydrogens (tertiary/aromatic N) is 2. The van der Waals surface area contributed by atoms with Crippen molar-refractivity contribution in [1.29, 1.82) is 0 Å². The zero-order valence-corrected chi connectivity index (χ0v) is 9.77. The van der Waals surface area contributed by atoms with Gasteiger partial charge in [0.2, 0.25) is 0 Å². The molecule has 1 rings (SSSR count). The van der Waals surface area contributed by atoms with Crippen LogP contribution in [-0.2, 0) is 6.54 Å². The molecule has 0 bridgehead atoms. The van der Waals surface area contributed by atoms with Gasteiger partial charge in [-0.05, 0) is 20.3 Å². The Bertz CT molecular complexity index is 279. The number of hydrogen-bond acceptors (Lipinski definition) is 3. The molecule has 86 valence electrons. The summed E-state index contributed by atoms with van der Waals surface area (Å²) in [5, 5.41) is 12.4. The first-order valence-corrected chi connectivity index (χ1v) is 5.54. The molecule has 0 aromatic carbocycles. The van der Waals surface area contributed by atoms with E-state index in [-0.39, 0.29) is 12.6 Å². The standard InChI is InChI=1S/C11H21N3O/c1-4-10(7-15)13-6-11-5-12-8-14(11)9(2)3/h5,8-10,13,15H,4,6-7H2,1-3H3/t10-/m0/s1. The number of hydrogen-bond donors (Lipinski definition) is 2. The third-order valence-electron chi connectivity index (χ3n) is 2.59. The molecule has 0 aliphatic heterocycles. The molecule has 0 saturated carbocycles. The first-order chi connectivity index (χ1) is 7.19. The summed E-state index contributed by atoms with van der Waals surface area (Å²) in [7, 11) is 0. The van der Waals surface area contributed by atoms with Crippen molar-refractivity contribution in [1.82, 2.24) is 14.9 Å². The fourth-order valence-corrected chi connectivity index (χ4v) is 1.52. The number of imidazole rings is 1. The molecule has 4 nitrogen and oxygen atoms in total. The molecule has 1 atom stereocenters. The van der Waals surface area contributed by atoms with Gasteiger partial charge in [-0.15, -0.1) is 0 Å². The summed E-state index contributed by atoms with van der Waals surface area (Å²) in [5.74, 6) is 0. The molecule has 1 aromatic rings. The molecule has 15 heavy (non-hydrogen) atoms. The number of aliphatic hydroxyl groups excluding tert-OH is 1. The van der Waals surface area contributed by atoms with E-state index >= 15 is 0 Å². The summed E-state index contributed by atoms with van der Waals surface area (Å²) in [6.07, 6.45) is 4.66. The van der Waals surface area contributed by atoms with E-state index in [1.807, 2.05) is 12.5 Å². The van der Waals surface area contributed by atoms with E-state index in [2.05, 4.69) is 35.6 Å². The fourth-order valence-electron chi connectivity index (χ4n) is 1.52. The Kier molecular flexibility index (Phi) is 4.78. The predicted molar refractivity (Wildman–Crippen MR) is 60.6 cm³/mol. The molecule has 4 heteroatoms. The Balaban J connectivity index is 2.53. The second-order valence-corrected chi connectivity index (χ2v) is 4.05. The van der Waals surface area contributed by atoms with Gasteiger partial charge >= 0.3 is 0 Å². The minimum absolute atomic E-state index is 0.181. The van der Waals surface area contributed by atoms with Gasteiger partial charge in [-0.1, -0.05) is 6.92 Å². The number of rotatable bonds is 6. The van der Waals surface area contributed by atoms with Gasteiger partial charge in [-0.25, -0.2) is 4.98 Å². The number of aromatic nitrogens is 2. The normalized spacial score (nSPS) is 13.4. The lowest BCUT2D eigenvalue weighted by Gasteiger charge is -2.16. The summed E-state index contributed by atoms with van der Waals surface area (Å²) >= 11 is 0. The van der Waals surface area contributed by atoms with Crippen LogP contribution >= 0.6 is 0 Å². The average Bonchev–Trinajstić information content (AvgIpc) is 2.67. The SMILES string of the molecule is CC[C@@H](CO)NCc1cncn1C(C)C. The zero-order chi connectivity index (χ0) is 11.3. The highest BCUT2D eigenvalue weighted by atomic mass is 16.3. The maximum atomic E-state index is 9.05. The van der Waals surface area contributed by atoms with E-state index in [4.69, 9.17) is 5.11 Å². The molecule has 0 aliphatic carbocycles.